The quantitative estimate of drug-likeness (QED) is 0.876. The van der Waals surface area contributed by atoms with Crippen LogP contribution >= 0.6 is 0 Å². The lowest BCUT2D eigenvalue weighted by molar-refractivity contribution is -0.129. The van der Waals surface area contributed by atoms with Gasteiger partial charge in [-0.25, -0.2) is 8.78 Å². The highest BCUT2D eigenvalue weighted by Gasteiger charge is 2.25. The summed E-state index contributed by atoms with van der Waals surface area (Å²) in [5.74, 6) is -2.23. The van der Waals surface area contributed by atoms with Crippen LogP contribution in [0.2, 0.25) is 0 Å². The molecule has 0 unspecified atom stereocenters. The molecule has 0 fully saturated rings. The Bertz CT molecular complexity index is 532. The summed E-state index contributed by atoms with van der Waals surface area (Å²) in [6, 6.07) is 1.86. The van der Waals surface area contributed by atoms with Crippen molar-refractivity contribution in [1.82, 2.24) is 10.6 Å². The molecule has 0 radical (unpaired) electrons. The van der Waals surface area contributed by atoms with E-state index in [2.05, 4.69) is 10.6 Å². The number of halogens is 2. The van der Waals surface area contributed by atoms with Crippen molar-refractivity contribution in [3.05, 3.63) is 35.4 Å². The van der Waals surface area contributed by atoms with Crippen LogP contribution < -0.4 is 10.6 Å². The second-order valence-electron chi connectivity index (χ2n) is 5.32. The summed E-state index contributed by atoms with van der Waals surface area (Å²) in [4.78, 5) is 23.3. The molecule has 2 amide bonds. The molecular formula is C15H20F2N2O2. The van der Waals surface area contributed by atoms with Crippen LogP contribution in [-0.4, -0.2) is 17.9 Å². The van der Waals surface area contributed by atoms with Gasteiger partial charge < -0.3 is 10.6 Å². The molecule has 1 aromatic rings. The summed E-state index contributed by atoms with van der Waals surface area (Å²) in [5.41, 5.74) is 0.190. The fraction of sp³-hybridized carbons (Fsp3) is 0.467. The molecule has 0 spiro atoms. The first-order valence-electron chi connectivity index (χ1n) is 6.74. The van der Waals surface area contributed by atoms with Gasteiger partial charge in [0, 0.05) is 18.6 Å². The molecule has 1 rings (SSSR count). The third kappa shape index (κ3) is 4.81. The number of benzene rings is 1. The highest BCUT2D eigenvalue weighted by Crippen LogP contribution is 2.18. The lowest BCUT2D eigenvalue weighted by Gasteiger charge is -2.23. The van der Waals surface area contributed by atoms with Crippen LogP contribution in [-0.2, 0) is 9.59 Å². The standard InChI is InChI=1S/C15H20F2N2O2/c1-8(2)14(19-10(4)20)15(21)18-9(3)12-6-5-11(16)7-13(12)17/h5-9,14H,1-4H3,(H,18,21)(H,19,20)/t9-,14+/m0/s1. The largest absolute Gasteiger partial charge is 0.348 e. The van der Waals surface area contributed by atoms with Gasteiger partial charge in [0.1, 0.15) is 17.7 Å². The molecule has 0 saturated carbocycles. The average molecular weight is 298 g/mol. The van der Waals surface area contributed by atoms with Crippen molar-refractivity contribution in [2.45, 2.75) is 39.8 Å². The SMILES string of the molecule is CC(=O)N[C@@H](C(=O)N[C@@H](C)c1ccc(F)cc1F)C(C)C. The van der Waals surface area contributed by atoms with Crippen LogP contribution in [0.1, 0.15) is 39.3 Å². The van der Waals surface area contributed by atoms with Crippen molar-refractivity contribution in [3.63, 3.8) is 0 Å². The Morgan fingerprint density at radius 1 is 1.10 bits per heavy atom. The monoisotopic (exact) mass is 298 g/mol. The molecule has 1 aromatic carbocycles. The predicted octanol–water partition coefficient (Wildman–Crippen LogP) is 2.30. The van der Waals surface area contributed by atoms with Gasteiger partial charge in [-0.15, -0.1) is 0 Å². The van der Waals surface area contributed by atoms with E-state index >= 15 is 0 Å². The molecule has 0 aliphatic heterocycles. The number of amides is 2. The average Bonchev–Trinajstić information content (AvgIpc) is 2.34. The zero-order chi connectivity index (χ0) is 16.2. The lowest BCUT2D eigenvalue weighted by Crippen LogP contribution is -2.49. The van der Waals surface area contributed by atoms with Crippen molar-refractivity contribution in [1.29, 1.82) is 0 Å². The van der Waals surface area contributed by atoms with Crippen LogP contribution in [0.15, 0.2) is 18.2 Å². The summed E-state index contributed by atoms with van der Waals surface area (Å²) in [5, 5.41) is 5.18. The van der Waals surface area contributed by atoms with E-state index in [4.69, 9.17) is 0 Å². The van der Waals surface area contributed by atoms with Gasteiger partial charge in [-0.1, -0.05) is 19.9 Å². The van der Waals surface area contributed by atoms with E-state index in [0.717, 1.165) is 12.1 Å². The molecule has 4 nitrogen and oxygen atoms in total. The number of carbonyl (C=O) groups excluding carboxylic acids is 2. The van der Waals surface area contributed by atoms with Gasteiger partial charge >= 0.3 is 0 Å². The zero-order valence-corrected chi connectivity index (χ0v) is 12.5. The van der Waals surface area contributed by atoms with Crippen LogP contribution in [0.25, 0.3) is 0 Å². The van der Waals surface area contributed by atoms with E-state index in [0.29, 0.717) is 0 Å². The van der Waals surface area contributed by atoms with Gasteiger partial charge in [-0.2, -0.15) is 0 Å². The molecule has 0 aliphatic carbocycles. The minimum Gasteiger partial charge on any atom is -0.348 e. The van der Waals surface area contributed by atoms with Crippen molar-refractivity contribution in [2.24, 2.45) is 5.92 Å². The summed E-state index contributed by atoms with van der Waals surface area (Å²) in [7, 11) is 0. The van der Waals surface area contributed by atoms with Gasteiger partial charge in [-0.3, -0.25) is 9.59 Å². The Balaban J connectivity index is 2.82. The molecular weight excluding hydrogens is 278 g/mol. The molecule has 116 valence electrons. The van der Waals surface area contributed by atoms with Gasteiger partial charge in [-0.05, 0) is 18.9 Å². The van der Waals surface area contributed by atoms with Crippen molar-refractivity contribution in [2.75, 3.05) is 0 Å². The van der Waals surface area contributed by atoms with Crippen molar-refractivity contribution in [3.8, 4) is 0 Å². The van der Waals surface area contributed by atoms with E-state index in [1.54, 1.807) is 20.8 Å². The first-order valence-corrected chi connectivity index (χ1v) is 6.74. The van der Waals surface area contributed by atoms with Crippen LogP contribution in [0.5, 0.6) is 0 Å². The number of hydrogen-bond acceptors (Lipinski definition) is 2. The van der Waals surface area contributed by atoms with Crippen molar-refractivity contribution >= 4 is 11.8 Å². The Hall–Kier alpha value is -1.98. The maximum Gasteiger partial charge on any atom is 0.243 e. The summed E-state index contributed by atoms with van der Waals surface area (Å²) >= 11 is 0. The molecule has 0 aromatic heterocycles. The fourth-order valence-electron chi connectivity index (χ4n) is 1.99. The topological polar surface area (TPSA) is 58.2 Å². The normalized spacial score (nSPS) is 13.7. The highest BCUT2D eigenvalue weighted by molar-refractivity contribution is 5.87. The summed E-state index contributed by atoms with van der Waals surface area (Å²) < 4.78 is 26.5. The van der Waals surface area contributed by atoms with Crippen molar-refractivity contribution < 1.29 is 18.4 Å². The van der Waals surface area contributed by atoms with E-state index < -0.39 is 29.6 Å². The Kier molecular flexibility index (Phi) is 5.81. The molecule has 0 bridgehead atoms. The Morgan fingerprint density at radius 3 is 2.19 bits per heavy atom. The van der Waals surface area contributed by atoms with E-state index in [-0.39, 0.29) is 17.4 Å². The van der Waals surface area contributed by atoms with Gasteiger partial charge in [0.25, 0.3) is 0 Å². The van der Waals surface area contributed by atoms with Gasteiger partial charge in [0.05, 0.1) is 6.04 Å². The summed E-state index contributed by atoms with van der Waals surface area (Å²) in [6.45, 7) is 6.51. The third-order valence-electron chi connectivity index (χ3n) is 3.10. The zero-order valence-electron chi connectivity index (χ0n) is 12.5. The Labute approximate surface area is 122 Å². The lowest BCUT2D eigenvalue weighted by atomic mass is 10.0. The first kappa shape index (κ1) is 17.1. The van der Waals surface area contributed by atoms with E-state index in [1.807, 2.05) is 0 Å². The second-order valence-corrected chi connectivity index (χ2v) is 5.32. The number of rotatable bonds is 5. The van der Waals surface area contributed by atoms with Crippen LogP contribution in [0.4, 0.5) is 8.78 Å². The summed E-state index contributed by atoms with van der Waals surface area (Å²) in [6.07, 6.45) is 0. The molecule has 21 heavy (non-hydrogen) atoms. The van der Waals surface area contributed by atoms with Crippen LogP contribution in [0, 0.1) is 17.6 Å². The van der Waals surface area contributed by atoms with Crippen LogP contribution in [0.3, 0.4) is 0 Å². The third-order valence-corrected chi connectivity index (χ3v) is 3.10. The number of hydrogen-bond donors (Lipinski definition) is 2. The minimum absolute atomic E-state index is 0.112. The maximum atomic E-state index is 13.7. The Morgan fingerprint density at radius 2 is 1.71 bits per heavy atom. The molecule has 0 aliphatic rings. The van der Waals surface area contributed by atoms with E-state index in [9.17, 15) is 18.4 Å². The molecule has 0 heterocycles. The molecule has 2 N–H and O–H groups in total. The number of carbonyl (C=O) groups is 2. The maximum absolute atomic E-state index is 13.7. The highest BCUT2D eigenvalue weighted by atomic mass is 19.1. The molecule has 0 saturated heterocycles. The van der Waals surface area contributed by atoms with Gasteiger partial charge in [0.2, 0.25) is 11.8 Å². The smallest absolute Gasteiger partial charge is 0.243 e. The molecule has 2 atom stereocenters. The molecule has 6 heteroatoms. The first-order chi connectivity index (χ1) is 9.72. The minimum atomic E-state index is -0.719. The fourth-order valence-corrected chi connectivity index (χ4v) is 1.99. The predicted molar refractivity (Wildman–Crippen MR) is 75.4 cm³/mol. The second kappa shape index (κ2) is 7.15. The van der Waals surface area contributed by atoms with E-state index in [1.165, 1.54) is 13.0 Å². The number of nitrogens with one attached hydrogen (secondary N) is 2. The van der Waals surface area contributed by atoms with Gasteiger partial charge in [0.15, 0.2) is 0 Å².